The van der Waals surface area contributed by atoms with Gasteiger partial charge in [0.05, 0.1) is 11.7 Å². The first kappa shape index (κ1) is 12.9. The average molecular weight is 299 g/mol. The van der Waals surface area contributed by atoms with Gasteiger partial charge in [-0.25, -0.2) is 0 Å². The van der Waals surface area contributed by atoms with Gasteiger partial charge in [0.25, 0.3) is 0 Å². The second-order valence-corrected chi connectivity index (χ2v) is 5.69. The van der Waals surface area contributed by atoms with Gasteiger partial charge in [0.1, 0.15) is 12.4 Å². The molecule has 1 aromatic carbocycles. The largest absolute Gasteiger partial charge is 0.491 e. The van der Waals surface area contributed by atoms with Crippen molar-refractivity contribution in [3.8, 4) is 5.75 Å². The molecule has 0 amide bonds. The van der Waals surface area contributed by atoms with Crippen LogP contribution in [0, 0.1) is 0 Å². The molecule has 94 valence electrons. The summed E-state index contributed by atoms with van der Waals surface area (Å²) in [6, 6.07) is 8.17. The van der Waals surface area contributed by atoms with Gasteiger partial charge in [-0.3, -0.25) is 0 Å². The maximum Gasteiger partial charge on any atom is 0.119 e. The summed E-state index contributed by atoms with van der Waals surface area (Å²) in [5, 5.41) is 0.882. The van der Waals surface area contributed by atoms with Crippen LogP contribution >= 0.6 is 15.9 Å². The normalized spacial score (nSPS) is 22.6. The van der Waals surface area contributed by atoms with Gasteiger partial charge >= 0.3 is 0 Å². The fourth-order valence-corrected chi connectivity index (χ4v) is 2.43. The third-order valence-corrected chi connectivity index (χ3v) is 3.72. The summed E-state index contributed by atoms with van der Waals surface area (Å²) >= 11 is 3.43. The van der Waals surface area contributed by atoms with Crippen molar-refractivity contribution < 1.29 is 9.47 Å². The van der Waals surface area contributed by atoms with Crippen molar-refractivity contribution in [1.82, 2.24) is 0 Å². The average Bonchev–Trinajstić information content (AvgIpc) is 2.67. The second kappa shape index (κ2) is 5.40. The van der Waals surface area contributed by atoms with Gasteiger partial charge in [-0.1, -0.05) is 28.1 Å². The molecule has 1 aromatic rings. The topological polar surface area (TPSA) is 18.5 Å². The zero-order valence-electron chi connectivity index (χ0n) is 10.4. The van der Waals surface area contributed by atoms with Gasteiger partial charge in [-0.15, -0.1) is 0 Å². The Balaban J connectivity index is 1.82. The van der Waals surface area contributed by atoms with E-state index in [1.165, 1.54) is 5.56 Å². The number of rotatable bonds is 4. The number of halogens is 1. The standard InChI is InChI=1S/C14H19BrO2/c1-14(2)8-7-13(17-14)10-16-12-5-3-11(9-15)4-6-12/h3-6,13H,7-10H2,1-2H3. The van der Waals surface area contributed by atoms with Crippen LogP contribution in [0.15, 0.2) is 24.3 Å². The molecule has 1 aliphatic heterocycles. The van der Waals surface area contributed by atoms with Crippen molar-refractivity contribution in [2.45, 2.75) is 43.7 Å². The zero-order chi connectivity index (χ0) is 12.3. The SMILES string of the molecule is CC1(C)CCC(COc2ccc(CBr)cc2)O1. The van der Waals surface area contributed by atoms with E-state index in [0.29, 0.717) is 6.61 Å². The lowest BCUT2D eigenvalue weighted by atomic mass is 10.1. The van der Waals surface area contributed by atoms with Crippen molar-refractivity contribution in [3.63, 3.8) is 0 Å². The first-order valence-electron chi connectivity index (χ1n) is 6.04. The van der Waals surface area contributed by atoms with Crippen LogP contribution in [0.25, 0.3) is 0 Å². The predicted octanol–water partition coefficient (Wildman–Crippen LogP) is 3.92. The molecule has 0 N–H and O–H groups in total. The van der Waals surface area contributed by atoms with E-state index in [1.807, 2.05) is 12.1 Å². The molecular weight excluding hydrogens is 280 g/mol. The summed E-state index contributed by atoms with van der Waals surface area (Å²) in [4.78, 5) is 0. The quantitative estimate of drug-likeness (QED) is 0.785. The highest BCUT2D eigenvalue weighted by molar-refractivity contribution is 9.08. The maximum absolute atomic E-state index is 5.88. The minimum atomic E-state index is 0.0217. The predicted molar refractivity (Wildman–Crippen MR) is 72.8 cm³/mol. The van der Waals surface area contributed by atoms with E-state index in [1.54, 1.807) is 0 Å². The molecule has 1 heterocycles. The Morgan fingerprint density at radius 3 is 2.59 bits per heavy atom. The molecule has 17 heavy (non-hydrogen) atoms. The summed E-state index contributed by atoms with van der Waals surface area (Å²) in [5.74, 6) is 0.919. The number of alkyl halides is 1. The van der Waals surface area contributed by atoms with Crippen molar-refractivity contribution in [2.24, 2.45) is 0 Å². The van der Waals surface area contributed by atoms with Crippen molar-refractivity contribution in [2.75, 3.05) is 6.61 Å². The van der Waals surface area contributed by atoms with E-state index in [2.05, 4.69) is 41.9 Å². The molecule has 1 saturated heterocycles. The minimum Gasteiger partial charge on any atom is -0.491 e. The highest BCUT2D eigenvalue weighted by Gasteiger charge is 2.31. The first-order chi connectivity index (χ1) is 8.09. The van der Waals surface area contributed by atoms with Gasteiger partial charge in [0, 0.05) is 5.33 Å². The molecule has 1 unspecified atom stereocenters. The molecule has 0 aromatic heterocycles. The molecular formula is C14H19BrO2. The van der Waals surface area contributed by atoms with Crippen LogP contribution in [0.3, 0.4) is 0 Å². The fourth-order valence-electron chi connectivity index (χ4n) is 2.06. The Labute approximate surface area is 111 Å². The van der Waals surface area contributed by atoms with Gasteiger partial charge in [-0.2, -0.15) is 0 Å². The Morgan fingerprint density at radius 1 is 1.35 bits per heavy atom. The Bertz CT molecular complexity index is 359. The van der Waals surface area contributed by atoms with E-state index in [4.69, 9.17) is 9.47 Å². The van der Waals surface area contributed by atoms with Gasteiger partial charge in [-0.05, 0) is 44.4 Å². The molecule has 1 atom stereocenters. The summed E-state index contributed by atoms with van der Waals surface area (Å²) in [5.41, 5.74) is 1.28. The third-order valence-electron chi connectivity index (χ3n) is 3.07. The lowest BCUT2D eigenvalue weighted by Crippen LogP contribution is -2.23. The molecule has 0 radical (unpaired) electrons. The molecule has 1 aliphatic rings. The van der Waals surface area contributed by atoms with Crippen molar-refractivity contribution in [1.29, 1.82) is 0 Å². The summed E-state index contributed by atoms with van der Waals surface area (Å²) < 4.78 is 11.6. The van der Waals surface area contributed by atoms with Crippen LogP contribution in [0.1, 0.15) is 32.3 Å². The van der Waals surface area contributed by atoms with Gasteiger partial charge < -0.3 is 9.47 Å². The zero-order valence-corrected chi connectivity index (χ0v) is 12.0. The lowest BCUT2D eigenvalue weighted by molar-refractivity contribution is -0.0326. The molecule has 3 heteroatoms. The lowest BCUT2D eigenvalue weighted by Gasteiger charge is -2.19. The van der Waals surface area contributed by atoms with Crippen LogP contribution in [-0.4, -0.2) is 18.3 Å². The Hall–Kier alpha value is -0.540. The van der Waals surface area contributed by atoms with E-state index >= 15 is 0 Å². The highest BCUT2D eigenvalue weighted by Crippen LogP contribution is 2.29. The van der Waals surface area contributed by atoms with Gasteiger partial charge in [0.15, 0.2) is 0 Å². The van der Waals surface area contributed by atoms with Crippen LogP contribution in [-0.2, 0) is 10.1 Å². The van der Waals surface area contributed by atoms with E-state index in [0.717, 1.165) is 23.9 Å². The fraction of sp³-hybridized carbons (Fsp3) is 0.571. The number of ether oxygens (including phenoxy) is 2. The second-order valence-electron chi connectivity index (χ2n) is 5.13. The van der Waals surface area contributed by atoms with E-state index in [9.17, 15) is 0 Å². The molecule has 0 spiro atoms. The maximum atomic E-state index is 5.88. The Morgan fingerprint density at radius 2 is 2.06 bits per heavy atom. The van der Waals surface area contributed by atoms with E-state index < -0.39 is 0 Å². The molecule has 1 fully saturated rings. The van der Waals surface area contributed by atoms with Crippen molar-refractivity contribution in [3.05, 3.63) is 29.8 Å². The van der Waals surface area contributed by atoms with E-state index in [-0.39, 0.29) is 11.7 Å². The van der Waals surface area contributed by atoms with Gasteiger partial charge in [0.2, 0.25) is 0 Å². The minimum absolute atomic E-state index is 0.0217. The molecule has 2 rings (SSSR count). The summed E-state index contributed by atoms with van der Waals surface area (Å²) in [7, 11) is 0. The van der Waals surface area contributed by atoms with Crippen LogP contribution in [0.2, 0.25) is 0 Å². The number of hydrogen-bond donors (Lipinski definition) is 0. The Kier molecular flexibility index (Phi) is 4.10. The summed E-state index contributed by atoms with van der Waals surface area (Å²) in [6.07, 6.45) is 2.44. The molecule has 0 aliphatic carbocycles. The first-order valence-corrected chi connectivity index (χ1v) is 7.17. The summed E-state index contributed by atoms with van der Waals surface area (Å²) in [6.45, 7) is 4.92. The smallest absolute Gasteiger partial charge is 0.119 e. The third kappa shape index (κ3) is 3.71. The van der Waals surface area contributed by atoms with Crippen molar-refractivity contribution >= 4 is 15.9 Å². The van der Waals surface area contributed by atoms with Crippen LogP contribution in [0.5, 0.6) is 5.75 Å². The van der Waals surface area contributed by atoms with Crippen LogP contribution < -0.4 is 4.74 Å². The molecule has 0 bridgehead atoms. The number of benzene rings is 1. The van der Waals surface area contributed by atoms with Crippen LogP contribution in [0.4, 0.5) is 0 Å². The molecule has 0 saturated carbocycles. The monoisotopic (exact) mass is 298 g/mol. The number of hydrogen-bond acceptors (Lipinski definition) is 2. The molecule has 2 nitrogen and oxygen atoms in total. The highest BCUT2D eigenvalue weighted by atomic mass is 79.9.